The van der Waals surface area contributed by atoms with Crippen LogP contribution in [0.1, 0.15) is 45.4 Å². The fourth-order valence-corrected chi connectivity index (χ4v) is 4.06. The molecule has 2 saturated heterocycles. The molecular weight excluding hydrogens is 415 g/mol. The van der Waals surface area contributed by atoms with Gasteiger partial charge in [0.1, 0.15) is 12.1 Å². The largest absolute Gasteiger partial charge is 0.376 e. The number of halogens is 2. The van der Waals surface area contributed by atoms with Crippen LogP contribution in [-0.2, 0) is 19.1 Å². The highest BCUT2D eigenvalue weighted by Gasteiger charge is 2.35. The first-order chi connectivity index (χ1) is 14.0. The molecule has 0 radical (unpaired) electrons. The Bertz CT molecular complexity index is 725. The summed E-state index contributed by atoms with van der Waals surface area (Å²) in [6.07, 6.45) is 4.99. The van der Waals surface area contributed by atoms with Crippen molar-refractivity contribution in [2.45, 2.75) is 63.7 Å². The van der Waals surface area contributed by atoms with Gasteiger partial charge < -0.3 is 19.7 Å². The van der Waals surface area contributed by atoms with Gasteiger partial charge in [0.15, 0.2) is 0 Å². The van der Waals surface area contributed by atoms with Gasteiger partial charge >= 0.3 is 0 Å². The first kappa shape index (κ1) is 22.3. The lowest BCUT2D eigenvalue weighted by Crippen LogP contribution is -2.53. The lowest BCUT2D eigenvalue weighted by Gasteiger charge is -2.36. The standard InChI is InChI=1S/C21H28Cl2N2O4/c1-14(29-13-16-6-3-5-11-28-16)21(27)25-10-4-2-7-19(25)20(26)24-15-8-9-17(22)18(23)12-15/h8-9,12,14,16,19H,2-7,10-11,13H2,1H3,(H,24,26). The molecule has 2 heterocycles. The Balaban J connectivity index is 1.59. The smallest absolute Gasteiger partial charge is 0.252 e. The maximum atomic E-state index is 13.0. The molecule has 1 N–H and O–H groups in total. The van der Waals surface area contributed by atoms with Gasteiger partial charge in [0.2, 0.25) is 5.91 Å². The van der Waals surface area contributed by atoms with Crippen LogP contribution >= 0.6 is 23.2 Å². The quantitative estimate of drug-likeness (QED) is 0.713. The highest BCUT2D eigenvalue weighted by Crippen LogP contribution is 2.26. The van der Waals surface area contributed by atoms with Crippen molar-refractivity contribution < 1.29 is 19.1 Å². The highest BCUT2D eigenvalue weighted by atomic mass is 35.5. The number of rotatable bonds is 6. The van der Waals surface area contributed by atoms with Crippen LogP contribution in [-0.4, -0.2) is 54.7 Å². The van der Waals surface area contributed by atoms with Gasteiger partial charge in [0.05, 0.1) is 22.8 Å². The molecule has 160 valence electrons. The molecule has 0 aliphatic carbocycles. The van der Waals surface area contributed by atoms with Crippen molar-refractivity contribution in [3.05, 3.63) is 28.2 Å². The summed E-state index contributed by atoms with van der Waals surface area (Å²) >= 11 is 12.0. The molecule has 6 nitrogen and oxygen atoms in total. The molecule has 0 bridgehead atoms. The molecule has 0 spiro atoms. The minimum Gasteiger partial charge on any atom is -0.376 e. The Hall–Kier alpha value is -1.34. The van der Waals surface area contributed by atoms with E-state index in [2.05, 4.69) is 5.32 Å². The molecule has 29 heavy (non-hydrogen) atoms. The van der Waals surface area contributed by atoms with E-state index in [1.54, 1.807) is 30.0 Å². The van der Waals surface area contributed by atoms with E-state index >= 15 is 0 Å². The molecule has 2 amide bonds. The number of amides is 2. The number of ether oxygens (including phenoxy) is 2. The minimum absolute atomic E-state index is 0.0501. The third-order valence-electron chi connectivity index (χ3n) is 5.43. The summed E-state index contributed by atoms with van der Waals surface area (Å²) in [5.41, 5.74) is 0.557. The SMILES string of the molecule is CC(OCC1CCCCO1)C(=O)N1CCCCC1C(=O)Nc1ccc(Cl)c(Cl)c1. The van der Waals surface area contributed by atoms with E-state index in [-0.39, 0.29) is 17.9 Å². The Labute approximate surface area is 181 Å². The summed E-state index contributed by atoms with van der Waals surface area (Å²) < 4.78 is 11.5. The summed E-state index contributed by atoms with van der Waals surface area (Å²) in [6, 6.07) is 4.40. The zero-order chi connectivity index (χ0) is 20.8. The van der Waals surface area contributed by atoms with Crippen molar-refractivity contribution in [1.29, 1.82) is 0 Å². The number of likely N-dealkylation sites (tertiary alicyclic amines) is 1. The molecule has 2 aliphatic rings. The van der Waals surface area contributed by atoms with Crippen molar-refractivity contribution in [1.82, 2.24) is 4.90 Å². The van der Waals surface area contributed by atoms with E-state index in [1.165, 1.54) is 0 Å². The first-order valence-corrected chi connectivity index (χ1v) is 11.0. The number of piperidine rings is 1. The number of carbonyl (C=O) groups excluding carboxylic acids is 2. The van der Waals surface area contributed by atoms with Crippen LogP contribution in [0.15, 0.2) is 18.2 Å². The second kappa shape index (κ2) is 10.6. The van der Waals surface area contributed by atoms with Crippen molar-refractivity contribution in [3.63, 3.8) is 0 Å². The van der Waals surface area contributed by atoms with Gasteiger partial charge in [-0.1, -0.05) is 23.2 Å². The molecule has 0 aromatic heterocycles. The van der Waals surface area contributed by atoms with Crippen molar-refractivity contribution in [2.24, 2.45) is 0 Å². The van der Waals surface area contributed by atoms with E-state index in [0.29, 0.717) is 35.3 Å². The van der Waals surface area contributed by atoms with Crippen LogP contribution in [0.5, 0.6) is 0 Å². The fourth-order valence-electron chi connectivity index (χ4n) is 3.76. The third-order valence-corrected chi connectivity index (χ3v) is 6.17. The average Bonchev–Trinajstić information content (AvgIpc) is 2.74. The normalized spacial score (nSPS) is 23.5. The van der Waals surface area contributed by atoms with Gasteiger partial charge in [-0.25, -0.2) is 0 Å². The van der Waals surface area contributed by atoms with Gasteiger partial charge in [-0.05, 0) is 63.6 Å². The van der Waals surface area contributed by atoms with Gasteiger partial charge in [-0.3, -0.25) is 9.59 Å². The van der Waals surface area contributed by atoms with E-state index in [1.807, 2.05) is 0 Å². The second-order valence-corrected chi connectivity index (χ2v) is 8.44. The average molecular weight is 443 g/mol. The number of carbonyl (C=O) groups is 2. The number of nitrogens with one attached hydrogen (secondary N) is 1. The Kier molecular flexibility index (Phi) is 8.18. The summed E-state index contributed by atoms with van der Waals surface area (Å²) in [7, 11) is 0. The van der Waals surface area contributed by atoms with E-state index in [9.17, 15) is 9.59 Å². The van der Waals surface area contributed by atoms with Crippen LogP contribution in [0.3, 0.4) is 0 Å². The zero-order valence-electron chi connectivity index (χ0n) is 16.7. The van der Waals surface area contributed by atoms with Crippen molar-refractivity contribution >= 4 is 40.7 Å². The lowest BCUT2D eigenvalue weighted by atomic mass is 10.0. The molecule has 1 aromatic carbocycles. The maximum absolute atomic E-state index is 13.0. The van der Waals surface area contributed by atoms with Crippen molar-refractivity contribution in [2.75, 3.05) is 25.1 Å². The van der Waals surface area contributed by atoms with Crippen LogP contribution in [0.25, 0.3) is 0 Å². The number of hydrogen-bond acceptors (Lipinski definition) is 4. The van der Waals surface area contributed by atoms with E-state index < -0.39 is 12.1 Å². The van der Waals surface area contributed by atoms with Gasteiger partial charge in [-0.15, -0.1) is 0 Å². The van der Waals surface area contributed by atoms with Crippen molar-refractivity contribution in [3.8, 4) is 0 Å². The predicted octanol–water partition coefficient (Wildman–Crippen LogP) is 4.29. The Morgan fingerprint density at radius 3 is 2.72 bits per heavy atom. The number of benzene rings is 1. The monoisotopic (exact) mass is 442 g/mol. The highest BCUT2D eigenvalue weighted by molar-refractivity contribution is 6.42. The fraction of sp³-hybridized carbons (Fsp3) is 0.619. The van der Waals surface area contributed by atoms with Gasteiger partial charge in [0.25, 0.3) is 5.91 Å². The molecular formula is C21H28Cl2N2O4. The summed E-state index contributed by atoms with van der Waals surface area (Å²) in [5, 5.41) is 3.64. The lowest BCUT2D eigenvalue weighted by molar-refractivity contribution is -0.152. The predicted molar refractivity (Wildman–Crippen MR) is 113 cm³/mol. The minimum atomic E-state index is -0.612. The number of hydrogen-bond donors (Lipinski definition) is 1. The van der Waals surface area contributed by atoms with Gasteiger partial charge in [-0.2, -0.15) is 0 Å². The molecule has 2 fully saturated rings. The first-order valence-electron chi connectivity index (χ1n) is 10.3. The van der Waals surface area contributed by atoms with E-state index in [4.69, 9.17) is 32.7 Å². The second-order valence-electron chi connectivity index (χ2n) is 7.63. The molecule has 3 rings (SSSR count). The van der Waals surface area contributed by atoms with Crippen LogP contribution in [0.2, 0.25) is 10.0 Å². The summed E-state index contributed by atoms with van der Waals surface area (Å²) in [6.45, 7) is 3.44. The molecule has 8 heteroatoms. The molecule has 3 atom stereocenters. The molecule has 1 aromatic rings. The van der Waals surface area contributed by atoms with Crippen LogP contribution in [0.4, 0.5) is 5.69 Å². The molecule has 0 saturated carbocycles. The molecule has 3 unspecified atom stereocenters. The summed E-state index contributed by atoms with van der Waals surface area (Å²) in [4.78, 5) is 27.5. The Morgan fingerprint density at radius 2 is 2.00 bits per heavy atom. The van der Waals surface area contributed by atoms with Crippen LogP contribution < -0.4 is 5.32 Å². The number of nitrogens with zero attached hydrogens (tertiary/aromatic N) is 1. The Morgan fingerprint density at radius 1 is 1.21 bits per heavy atom. The van der Waals surface area contributed by atoms with E-state index in [0.717, 1.165) is 38.7 Å². The topological polar surface area (TPSA) is 67.9 Å². The molecule has 2 aliphatic heterocycles. The zero-order valence-corrected chi connectivity index (χ0v) is 18.2. The number of anilines is 1. The maximum Gasteiger partial charge on any atom is 0.252 e. The third kappa shape index (κ3) is 6.07. The summed E-state index contributed by atoms with van der Waals surface area (Å²) in [5.74, 6) is -0.381. The van der Waals surface area contributed by atoms with Gasteiger partial charge in [0, 0.05) is 18.8 Å². The van der Waals surface area contributed by atoms with Crippen LogP contribution in [0, 0.1) is 0 Å².